The van der Waals surface area contributed by atoms with E-state index in [4.69, 9.17) is 18.9 Å². The Morgan fingerprint density at radius 3 is 2.52 bits per heavy atom. The largest absolute Gasteiger partial charge is 0.491 e. The van der Waals surface area contributed by atoms with E-state index in [1.54, 1.807) is 0 Å². The normalized spacial score (nSPS) is 15.6. The number of likely N-dealkylation sites (N-methyl/N-ethyl adjacent to an activating group) is 1. The van der Waals surface area contributed by atoms with E-state index in [1.165, 1.54) is 0 Å². The Hall–Kier alpha value is -1.87. The number of ether oxygens (including phenoxy) is 4. The van der Waals surface area contributed by atoms with E-state index >= 15 is 0 Å². The van der Waals surface area contributed by atoms with Gasteiger partial charge in [-0.1, -0.05) is 6.92 Å². The molecule has 1 aliphatic heterocycles. The lowest BCUT2D eigenvalue weighted by Crippen LogP contribution is -2.40. The van der Waals surface area contributed by atoms with Crippen LogP contribution in [0.5, 0.6) is 11.5 Å². The molecule has 0 bridgehead atoms. The second-order valence-corrected chi connectivity index (χ2v) is 7.84. The van der Waals surface area contributed by atoms with E-state index in [9.17, 15) is 9.90 Å². The fraction of sp³-hybridized carbons (Fsp3) is 0.696. The average Bonchev–Trinajstić information content (AvgIpc) is 2.79. The lowest BCUT2D eigenvalue weighted by Gasteiger charge is -2.23. The second-order valence-electron chi connectivity index (χ2n) is 7.84. The summed E-state index contributed by atoms with van der Waals surface area (Å²) in [6.07, 6.45) is 1.96. The zero-order chi connectivity index (χ0) is 22.3. The van der Waals surface area contributed by atoms with Gasteiger partial charge in [-0.25, -0.2) is 0 Å². The zero-order valence-corrected chi connectivity index (χ0v) is 18.9. The number of carbonyl (C=O) groups excluding carboxylic acids is 1. The van der Waals surface area contributed by atoms with Crippen molar-refractivity contribution in [1.29, 1.82) is 0 Å². The first-order chi connectivity index (χ1) is 15.1. The van der Waals surface area contributed by atoms with Crippen molar-refractivity contribution in [2.45, 2.75) is 32.3 Å². The van der Waals surface area contributed by atoms with Gasteiger partial charge in [0.15, 0.2) is 0 Å². The summed E-state index contributed by atoms with van der Waals surface area (Å²) < 4.78 is 21.9. The smallest absolute Gasteiger partial charge is 0.223 e. The topological polar surface area (TPSA) is 89.5 Å². The predicted molar refractivity (Wildman–Crippen MR) is 119 cm³/mol. The van der Waals surface area contributed by atoms with Crippen molar-refractivity contribution >= 4 is 5.91 Å². The van der Waals surface area contributed by atoms with Crippen LogP contribution in [0, 0.1) is 5.92 Å². The maximum absolute atomic E-state index is 12.1. The molecule has 0 aliphatic carbocycles. The molecule has 8 heteroatoms. The van der Waals surface area contributed by atoms with Gasteiger partial charge in [-0.05, 0) is 50.6 Å². The number of hydrogen-bond acceptors (Lipinski definition) is 7. The number of benzene rings is 1. The Balaban J connectivity index is 1.56. The molecule has 176 valence electrons. The molecule has 0 aromatic heterocycles. The molecule has 1 fully saturated rings. The van der Waals surface area contributed by atoms with E-state index < -0.39 is 6.10 Å². The SMILES string of the molecule is CCCOCCOc1ccc(OC[C@@H](O)CN(C)CCNC(=O)C2CCOCC2)cc1. The molecule has 1 heterocycles. The van der Waals surface area contributed by atoms with Crippen LogP contribution in [0.25, 0.3) is 0 Å². The molecular formula is C23H38N2O6. The molecular weight excluding hydrogens is 400 g/mol. The van der Waals surface area contributed by atoms with Crippen molar-refractivity contribution < 1.29 is 28.8 Å². The third-order valence-electron chi connectivity index (χ3n) is 5.02. The number of nitrogens with one attached hydrogen (secondary N) is 1. The van der Waals surface area contributed by atoms with Gasteiger partial charge in [0.1, 0.15) is 30.8 Å². The van der Waals surface area contributed by atoms with Crippen molar-refractivity contribution in [3.8, 4) is 11.5 Å². The third-order valence-corrected chi connectivity index (χ3v) is 5.02. The molecule has 2 rings (SSSR count). The molecule has 1 atom stereocenters. The fourth-order valence-electron chi connectivity index (χ4n) is 3.27. The van der Waals surface area contributed by atoms with Crippen LogP contribution in [0.15, 0.2) is 24.3 Å². The van der Waals surface area contributed by atoms with E-state index in [2.05, 4.69) is 12.2 Å². The van der Waals surface area contributed by atoms with Crippen LogP contribution in [0.2, 0.25) is 0 Å². The van der Waals surface area contributed by atoms with Crippen molar-refractivity contribution in [2.24, 2.45) is 5.92 Å². The first-order valence-corrected chi connectivity index (χ1v) is 11.2. The Bertz CT molecular complexity index is 607. The highest BCUT2D eigenvalue weighted by Gasteiger charge is 2.21. The first kappa shape index (κ1) is 25.4. The molecule has 0 unspecified atom stereocenters. The molecule has 0 spiro atoms. The first-order valence-electron chi connectivity index (χ1n) is 11.2. The number of hydrogen-bond donors (Lipinski definition) is 2. The minimum absolute atomic E-state index is 0.0595. The predicted octanol–water partition coefficient (Wildman–Crippen LogP) is 1.71. The van der Waals surface area contributed by atoms with E-state index in [1.807, 2.05) is 36.2 Å². The van der Waals surface area contributed by atoms with Gasteiger partial charge in [-0.15, -0.1) is 0 Å². The van der Waals surface area contributed by atoms with Crippen molar-refractivity contribution in [3.63, 3.8) is 0 Å². The molecule has 1 amide bonds. The molecule has 1 aliphatic rings. The molecule has 1 aromatic carbocycles. The minimum Gasteiger partial charge on any atom is -0.491 e. The van der Waals surface area contributed by atoms with Gasteiger partial charge < -0.3 is 34.3 Å². The van der Waals surface area contributed by atoms with Gasteiger partial charge in [0.25, 0.3) is 0 Å². The van der Waals surface area contributed by atoms with Crippen LogP contribution >= 0.6 is 0 Å². The van der Waals surface area contributed by atoms with Gasteiger partial charge in [-0.2, -0.15) is 0 Å². The quantitative estimate of drug-likeness (QED) is 0.403. The maximum atomic E-state index is 12.1. The highest BCUT2D eigenvalue weighted by atomic mass is 16.5. The molecule has 31 heavy (non-hydrogen) atoms. The number of nitrogens with zero attached hydrogens (tertiary/aromatic N) is 1. The second kappa shape index (κ2) is 15.0. The van der Waals surface area contributed by atoms with Gasteiger partial charge in [0.05, 0.1) is 6.61 Å². The van der Waals surface area contributed by atoms with Gasteiger partial charge in [-0.3, -0.25) is 4.79 Å². The molecule has 2 N–H and O–H groups in total. The molecule has 0 saturated carbocycles. The molecule has 8 nitrogen and oxygen atoms in total. The number of aliphatic hydroxyl groups excluding tert-OH is 1. The van der Waals surface area contributed by atoms with Crippen molar-refractivity contribution in [2.75, 3.05) is 66.3 Å². The molecule has 1 saturated heterocycles. The summed E-state index contributed by atoms with van der Waals surface area (Å²) in [5, 5.41) is 13.2. The van der Waals surface area contributed by atoms with Crippen LogP contribution in [0.1, 0.15) is 26.2 Å². The van der Waals surface area contributed by atoms with Crippen LogP contribution in [0.4, 0.5) is 0 Å². The lowest BCUT2D eigenvalue weighted by molar-refractivity contribution is -0.127. The van der Waals surface area contributed by atoms with Gasteiger partial charge in [0, 0.05) is 45.4 Å². The zero-order valence-electron chi connectivity index (χ0n) is 18.9. The van der Waals surface area contributed by atoms with Crippen LogP contribution < -0.4 is 14.8 Å². The van der Waals surface area contributed by atoms with Crippen molar-refractivity contribution in [1.82, 2.24) is 10.2 Å². The van der Waals surface area contributed by atoms with E-state index in [-0.39, 0.29) is 18.4 Å². The monoisotopic (exact) mass is 438 g/mol. The van der Waals surface area contributed by atoms with E-state index in [0.717, 1.165) is 31.6 Å². The highest BCUT2D eigenvalue weighted by Crippen LogP contribution is 2.18. The third kappa shape index (κ3) is 10.8. The summed E-state index contributed by atoms with van der Waals surface area (Å²) >= 11 is 0. The van der Waals surface area contributed by atoms with Gasteiger partial charge >= 0.3 is 0 Å². The lowest BCUT2D eigenvalue weighted by atomic mass is 9.99. The van der Waals surface area contributed by atoms with Crippen LogP contribution in [-0.2, 0) is 14.3 Å². The van der Waals surface area contributed by atoms with Crippen LogP contribution in [-0.4, -0.2) is 88.3 Å². The summed E-state index contributed by atoms with van der Waals surface area (Å²) in [4.78, 5) is 14.1. The highest BCUT2D eigenvalue weighted by molar-refractivity contribution is 5.78. The Labute approximate surface area is 185 Å². The molecule has 0 radical (unpaired) electrons. The fourth-order valence-corrected chi connectivity index (χ4v) is 3.27. The number of carbonyl (C=O) groups is 1. The minimum atomic E-state index is -0.622. The number of rotatable bonds is 15. The summed E-state index contributed by atoms with van der Waals surface area (Å²) in [6, 6.07) is 7.33. The standard InChI is InChI=1S/C23H38N2O6/c1-3-12-28-15-16-30-21-4-6-22(7-5-21)31-18-20(26)17-25(2)11-10-24-23(27)19-8-13-29-14-9-19/h4-7,19-20,26H,3,8-18H2,1-2H3,(H,24,27)/t20-/m0/s1. The van der Waals surface area contributed by atoms with E-state index in [0.29, 0.717) is 51.8 Å². The number of aliphatic hydroxyl groups is 1. The average molecular weight is 439 g/mol. The summed E-state index contributed by atoms with van der Waals surface area (Å²) in [6.45, 7) is 7.12. The summed E-state index contributed by atoms with van der Waals surface area (Å²) in [5.41, 5.74) is 0. The Morgan fingerprint density at radius 1 is 1.16 bits per heavy atom. The summed E-state index contributed by atoms with van der Waals surface area (Å²) in [5.74, 6) is 1.60. The molecule has 1 aromatic rings. The van der Waals surface area contributed by atoms with Crippen molar-refractivity contribution in [3.05, 3.63) is 24.3 Å². The summed E-state index contributed by atoms with van der Waals surface area (Å²) in [7, 11) is 1.92. The van der Waals surface area contributed by atoms with Gasteiger partial charge in [0.2, 0.25) is 5.91 Å². The number of amides is 1. The Morgan fingerprint density at radius 2 is 1.84 bits per heavy atom. The van der Waals surface area contributed by atoms with Crippen LogP contribution in [0.3, 0.4) is 0 Å². The Kier molecular flexibility index (Phi) is 12.3. The maximum Gasteiger partial charge on any atom is 0.223 e.